The fraction of sp³-hybridized carbons (Fsp3) is 0.743. The van der Waals surface area contributed by atoms with Crippen LogP contribution in [0.1, 0.15) is 105 Å². The normalized spacial score (nSPS) is 14.7. The molecule has 280 valence electrons. The lowest BCUT2D eigenvalue weighted by Crippen LogP contribution is -2.53. The molecule has 0 radical (unpaired) electrons. The average Bonchev–Trinajstić information content (AvgIpc) is 3.64. The third-order valence-electron chi connectivity index (χ3n) is 7.84. The second-order valence-electron chi connectivity index (χ2n) is 15.1. The minimum absolute atomic E-state index is 0.0646. The van der Waals surface area contributed by atoms with Crippen LogP contribution in [0.5, 0.6) is 0 Å². The molecule has 2 aromatic heterocycles. The van der Waals surface area contributed by atoms with E-state index in [4.69, 9.17) is 28.4 Å². The summed E-state index contributed by atoms with van der Waals surface area (Å²) in [6.45, 7) is 21.4. The van der Waals surface area contributed by atoms with Gasteiger partial charge in [-0.2, -0.15) is 0 Å². The van der Waals surface area contributed by atoms with Crippen LogP contribution in [-0.2, 0) is 52.3 Å². The predicted molar refractivity (Wildman–Crippen MR) is 195 cm³/mol. The van der Waals surface area contributed by atoms with Crippen molar-refractivity contribution in [3.05, 3.63) is 35.0 Å². The molecule has 1 aliphatic rings. The van der Waals surface area contributed by atoms with E-state index >= 15 is 0 Å². The number of ether oxygens (including phenoxy) is 3. The maximum Gasteiger partial charge on any atom is 0.319 e. The molecule has 0 amide bonds. The summed E-state index contributed by atoms with van der Waals surface area (Å²) < 4.78 is 25.0. The molecular weight excluding hydrogens is 766 g/mol. The van der Waals surface area contributed by atoms with Gasteiger partial charge in [-0.3, -0.25) is 14.4 Å². The van der Waals surface area contributed by atoms with Crippen LogP contribution in [0.4, 0.5) is 0 Å². The topological polar surface area (TPSA) is 163 Å². The first-order valence-electron chi connectivity index (χ1n) is 16.3. The molecule has 0 aromatic carbocycles. The number of rotatable bonds is 15. The van der Waals surface area contributed by atoms with Gasteiger partial charge in [0.25, 0.3) is 0 Å². The summed E-state index contributed by atoms with van der Waals surface area (Å²) in [7, 11) is 3.32. The molecule has 0 aliphatic carbocycles. The zero-order valence-corrected chi connectivity index (χ0v) is 34.4. The number of Topliss-reactive ketones (excluding diaryl/α,β-unsaturated/α-hetero) is 2. The molecule has 0 atom stereocenters. The largest absolute Gasteiger partial charge is 0.480 e. The molecule has 3 heterocycles. The minimum atomic E-state index is -0.840. The maximum absolute atomic E-state index is 12.7. The van der Waals surface area contributed by atoms with Crippen LogP contribution in [0, 0.1) is 0 Å². The number of aromatic nitrogens is 2. The number of halogens is 2. The number of aliphatic carboxylic acids is 1. The van der Waals surface area contributed by atoms with Gasteiger partial charge in [0.2, 0.25) is 0 Å². The highest BCUT2D eigenvalue weighted by Crippen LogP contribution is 2.26. The lowest BCUT2D eigenvalue weighted by Gasteiger charge is -2.32. The van der Waals surface area contributed by atoms with Gasteiger partial charge in [-0.05, 0) is 54.4 Å². The average molecular weight is 824 g/mol. The number of carboxylic acids is 1. The first-order chi connectivity index (χ1) is 22.4. The molecule has 14 heteroatoms. The van der Waals surface area contributed by atoms with Gasteiger partial charge in [0.05, 0.1) is 47.3 Å². The van der Waals surface area contributed by atoms with Crippen molar-refractivity contribution in [2.24, 2.45) is 0 Å². The zero-order chi connectivity index (χ0) is 37.8. The van der Waals surface area contributed by atoms with Crippen molar-refractivity contribution in [3.63, 3.8) is 0 Å². The van der Waals surface area contributed by atoms with Crippen LogP contribution in [0.25, 0.3) is 0 Å². The van der Waals surface area contributed by atoms with Crippen molar-refractivity contribution < 1.29 is 42.7 Å². The summed E-state index contributed by atoms with van der Waals surface area (Å²) in [4.78, 5) is 34.5. The van der Waals surface area contributed by atoms with E-state index in [0.29, 0.717) is 30.8 Å². The molecule has 1 aliphatic heterocycles. The van der Waals surface area contributed by atoms with E-state index in [2.05, 4.69) is 47.5 Å². The predicted octanol–water partition coefficient (Wildman–Crippen LogP) is 6.39. The van der Waals surface area contributed by atoms with Crippen LogP contribution in [0.2, 0.25) is 0 Å². The number of carbonyl (C=O) groups is 3. The SMILES string of the molecule is CC(C)(Br)C(=O)O.COCC(C)(C)c1cc(CC(=O)C(C)(C)Br)on1.COCC(C)(C)c1cc(CC(=O)C(C)(C)NC2CCOCC2)on1. The first-order valence-corrected chi connectivity index (χ1v) is 17.9. The van der Waals surface area contributed by atoms with E-state index < -0.39 is 20.2 Å². The minimum Gasteiger partial charge on any atom is -0.480 e. The van der Waals surface area contributed by atoms with Crippen LogP contribution < -0.4 is 5.32 Å². The quantitative estimate of drug-likeness (QED) is 0.191. The highest BCUT2D eigenvalue weighted by atomic mass is 79.9. The third kappa shape index (κ3) is 15.9. The third-order valence-corrected chi connectivity index (χ3v) is 8.62. The van der Waals surface area contributed by atoms with E-state index in [1.54, 1.807) is 28.1 Å². The molecule has 3 rings (SSSR count). The Hall–Kier alpha value is -1.97. The Morgan fingerprint density at radius 2 is 1.16 bits per heavy atom. The summed E-state index contributed by atoms with van der Waals surface area (Å²) in [5, 5.41) is 19.8. The van der Waals surface area contributed by atoms with E-state index in [1.165, 1.54) is 0 Å². The Bertz CT molecular complexity index is 1330. The number of nitrogens with one attached hydrogen (secondary N) is 1. The van der Waals surface area contributed by atoms with E-state index in [9.17, 15) is 14.4 Å². The Labute approximate surface area is 308 Å². The van der Waals surface area contributed by atoms with Crippen LogP contribution in [0.15, 0.2) is 21.2 Å². The summed E-state index contributed by atoms with van der Waals surface area (Å²) in [6.07, 6.45) is 2.36. The zero-order valence-electron chi connectivity index (χ0n) is 31.3. The number of ketones is 2. The van der Waals surface area contributed by atoms with Gasteiger partial charge >= 0.3 is 5.97 Å². The molecule has 0 unspecified atom stereocenters. The van der Waals surface area contributed by atoms with Crippen molar-refractivity contribution in [2.75, 3.05) is 40.6 Å². The molecule has 2 aromatic rings. The second kappa shape index (κ2) is 19.0. The van der Waals surface area contributed by atoms with Gasteiger partial charge in [-0.15, -0.1) is 0 Å². The number of hydrogen-bond acceptors (Lipinski definition) is 11. The fourth-order valence-electron chi connectivity index (χ4n) is 4.48. The summed E-state index contributed by atoms with van der Waals surface area (Å²) in [5.74, 6) is 0.510. The van der Waals surface area contributed by atoms with Gasteiger partial charge < -0.3 is 33.7 Å². The monoisotopic (exact) mass is 821 g/mol. The van der Waals surface area contributed by atoms with Gasteiger partial charge in [0, 0.05) is 56.4 Å². The summed E-state index contributed by atoms with van der Waals surface area (Å²) in [5.41, 5.74) is 0.553. The number of alkyl halides is 2. The molecule has 1 saturated heterocycles. The fourth-order valence-corrected chi connectivity index (χ4v) is 4.62. The Balaban J connectivity index is 0.000000422. The molecule has 0 bridgehead atoms. The van der Waals surface area contributed by atoms with Gasteiger partial charge in [-0.25, -0.2) is 0 Å². The maximum atomic E-state index is 12.7. The number of carbonyl (C=O) groups excluding carboxylic acids is 2. The highest BCUT2D eigenvalue weighted by molar-refractivity contribution is 9.10. The van der Waals surface area contributed by atoms with Crippen LogP contribution in [-0.4, -0.2) is 93.8 Å². The Morgan fingerprint density at radius 1 is 0.776 bits per heavy atom. The van der Waals surface area contributed by atoms with Crippen molar-refractivity contribution in [1.29, 1.82) is 0 Å². The van der Waals surface area contributed by atoms with Crippen molar-refractivity contribution in [1.82, 2.24) is 15.6 Å². The van der Waals surface area contributed by atoms with E-state index in [1.807, 2.05) is 67.5 Å². The lowest BCUT2D eigenvalue weighted by atomic mass is 9.89. The Kier molecular flexibility index (Phi) is 17.5. The van der Waals surface area contributed by atoms with Gasteiger partial charge in [0.15, 0.2) is 11.6 Å². The number of nitrogens with zero attached hydrogens (tertiary/aromatic N) is 2. The van der Waals surface area contributed by atoms with E-state index in [-0.39, 0.29) is 35.2 Å². The first kappa shape index (κ1) is 45.1. The number of carboxylic acid groups (broad SMARTS) is 1. The van der Waals surface area contributed by atoms with Crippen molar-refractivity contribution >= 4 is 49.4 Å². The number of methoxy groups -OCH3 is 2. The summed E-state index contributed by atoms with van der Waals surface area (Å²) >= 11 is 6.28. The molecule has 12 nitrogen and oxygen atoms in total. The standard InChI is InChI=1S/C18H30N2O4.C13H20BrNO3.C4H7BrO2/c1-17(2,12-22-5)15-10-14(24-20-15)11-16(21)18(3,4)19-13-6-8-23-9-7-13;1-12(2,8-17-5)10-6-9(18-15-10)7-11(16)13(3,4)14;1-4(2,5)3(6)7/h10,13,19H,6-9,11-12H2,1-5H3;6H,7-8H2,1-5H3;1-2H3,(H,6,7). The lowest BCUT2D eigenvalue weighted by molar-refractivity contribution is -0.138. The molecule has 1 fully saturated rings. The molecule has 2 N–H and O–H groups in total. The number of hydrogen-bond donors (Lipinski definition) is 2. The Morgan fingerprint density at radius 3 is 1.51 bits per heavy atom. The molecular formula is C35H57Br2N3O9. The molecule has 49 heavy (non-hydrogen) atoms. The molecule has 0 spiro atoms. The smallest absolute Gasteiger partial charge is 0.319 e. The van der Waals surface area contributed by atoms with Crippen LogP contribution in [0.3, 0.4) is 0 Å². The van der Waals surface area contributed by atoms with E-state index in [0.717, 1.165) is 37.4 Å². The molecule has 0 saturated carbocycles. The van der Waals surface area contributed by atoms with Gasteiger partial charge in [-0.1, -0.05) is 69.9 Å². The van der Waals surface area contributed by atoms with Gasteiger partial charge in [0.1, 0.15) is 15.8 Å². The van der Waals surface area contributed by atoms with Crippen LogP contribution >= 0.6 is 31.9 Å². The van der Waals surface area contributed by atoms with Crippen molar-refractivity contribution in [3.8, 4) is 0 Å². The summed E-state index contributed by atoms with van der Waals surface area (Å²) in [6, 6.07) is 4.01. The highest BCUT2D eigenvalue weighted by Gasteiger charge is 2.33. The van der Waals surface area contributed by atoms with Crippen molar-refractivity contribution in [2.45, 2.75) is 126 Å². The second-order valence-corrected chi connectivity index (χ2v) is 19.1.